The number of carbonyl (C=O) groups excluding carboxylic acids is 2. The van der Waals surface area contributed by atoms with Gasteiger partial charge in [0.05, 0.1) is 20.1 Å². The number of hydrogen-bond donors (Lipinski definition) is 1. The summed E-state index contributed by atoms with van der Waals surface area (Å²) in [5, 5.41) is 4.88. The molecule has 3 amide bonds. The average molecular weight is 436 g/mol. The van der Waals surface area contributed by atoms with E-state index in [1.807, 2.05) is 70.9 Å². The first-order chi connectivity index (χ1) is 15.1. The summed E-state index contributed by atoms with van der Waals surface area (Å²) < 4.78 is 5.43. The van der Waals surface area contributed by atoms with E-state index in [0.717, 1.165) is 34.0 Å². The van der Waals surface area contributed by atoms with Crippen LogP contribution in [0.4, 0.5) is 16.2 Å². The van der Waals surface area contributed by atoms with Crippen LogP contribution in [0.5, 0.6) is 5.75 Å². The number of amides is 3. The zero-order valence-electron chi connectivity index (χ0n) is 17.4. The average Bonchev–Trinajstić information content (AvgIpc) is 3.29. The second-order valence-corrected chi connectivity index (χ2v) is 8.40. The molecule has 0 atom stereocenters. The van der Waals surface area contributed by atoms with Crippen LogP contribution < -0.4 is 15.0 Å². The van der Waals surface area contributed by atoms with Gasteiger partial charge in [0.25, 0.3) is 0 Å². The van der Waals surface area contributed by atoms with Crippen LogP contribution >= 0.6 is 11.3 Å². The number of carbonyl (C=O) groups is 2. The summed E-state index contributed by atoms with van der Waals surface area (Å²) in [7, 11) is 1.64. The molecule has 0 bridgehead atoms. The van der Waals surface area contributed by atoms with Gasteiger partial charge in [-0.1, -0.05) is 24.3 Å². The molecule has 1 saturated heterocycles. The van der Waals surface area contributed by atoms with E-state index in [1.54, 1.807) is 23.3 Å². The lowest BCUT2D eigenvalue weighted by Crippen LogP contribution is -2.49. The van der Waals surface area contributed by atoms with Crippen LogP contribution in [-0.4, -0.2) is 37.0 Å². The third-order valence-corrected chi connectivity index (χ3v) is 6.12. The normalized spacial score (nSPS) is 13.9. The van der Waals surface area contributed by atoms with Crippen LogP contribution in [-0.2, 0) is 17.8 Å². The molecule has 4 rings (SSSR count). The predicted octanol–water partition coefficient (Wildman–Crippen LogP) is 4.77. The molecule has 160 valence electrons. The number of benzene rings is 2. The maximum Gasteiger partial charge on any atom is 0.324 e. The van der Waals surface area contributed by atoms with Gasteiger partial charge < -0.3 is 15.0 Å². The molecule has 0 saturated carbocycles. The second kappa shape index (κ2) is 9.66. The number of thiophene rings is 1. The van der Waals surface area contributed by atoms with Gasteiger partial charge >= 0.3 is 6.03 Å². The molecule has 1 aliphatic heterocycles. The monoisotopic (exact) mass is 435 g/mol. The summed E-state index contributed by atoms with van der Waals surface area (Å²) in [5.41, 5.74) is 2.54. The molecule has 1 aromatic heterocycles. The van der Waals surface area contributed by atoms with Crippen molar-refractivity contribution in [1.82, 2.24) is 4.90 Å². The Morgan fingerprint density at radius 3 is 2.61 bits per heavy atom. The molecule has 0 radical (unpaired) electrons. The first-order valence-corrected chi connectivity index (χ1v) is 11.1. The molecule has 1 N–H and O–H groups in total. The number of methoxy groups -OCH3 is 1. The Morgan fingerprint density at radius 2 is 1.87 bits per heavy atom. The lowest BCUT2D eigenvalue weighted by Gasteiger charge is -2.36. The molecule has 31 heavy (non-hydrogen) atoms. The Balaban J connectivity index is 1.40. The summed E-state index contributed by atoms with van der Waals surface area (Å²) in [5.74, 6) is 0.738. The lowest BCUT2D eigenvalue weighted by atomic mass is 10.1. The van der Waals surface area contributed by atoms with Crippen molar-refractivity contribution in [3.05, 3.63) is 76.5 Å². The number of nitrogens with zero attached hydrogens (tertiary/aromatic N) is 2. The van der Waals surface area contributed by atoms with Crippen molar-refractivity contribution in [2.45, 2.75) is 19.4 Å². The molecular formula is C24H25N3O3S. The second-order valence-electron chi connectivity index (χ2n) is 7.37. The van der Waals surface area contributed by atoms with E-state index in [-0.39, 0.29) is 11.9 Å². The number of urea groups is 1. The zero-order chi connectivity index (χ0) is 21.6. The van der Waals surface area contributed by atoms with E-state index in [4.69, 9.17) is 4.74 Å². The molecule has 2 aromatic carbocycles. The van der Waals surface area contributed by atoms with E-state index >= 15 is 0 Å². The van der Waals surface area contributed by atoms with E-state index in [9.17, 15) is 9.59 Å². The van der Waals surface area contributed by atoms with Gasteiger partial charge in [-0.05, 0) is 48.2 Å². The van der Waals surface area contributed by atoms with E-state index in [0.29, 0.717) is 26.1 Å². The topological polar surface area (TPSA) is 61.9 Å². The van der Waals surface area contributed by atoms with Crippen molar-refractivity contribution >= 4 is 34.6 Å². The Labute approximate surface area is 186 Å². The molecule has 1 fully saturated rings. The van der Waals surface area contributed by atoms with E-state index < -0.39 is 0 Å². The standard InChI is InChI=1S/C24H25N3O3S/c1-30-22-8-3-2-6-18(22)17-26-13-5-14-27(24(26)29)20-11-9-19(10-12-20)25-23(28)16-21-7-4-15-31-21/h2-4,6-12,15H,5,13-14,16-17H2,1H3,(H,25,28). The summed E-state index contributed by atoms with van der Waals surface area (Å²) >= 11 is 1.57. The van der Waals surface area contributed by atoms with Crippen molar-refractivity contribution in [2.75, 3.05) is 30.4 Å². The fourth-order valence-electron chi connectivity index (χ4n) is 3.71. The minimum absolute atomic E-state index is 0.0216. The Bertz CT molecular complexity index is 1030. The first-order valence-electron chi connectivity index (χ1n) is 10.2. The highest BCUT2D eigenvalue weighted by molar-refractivity contribution is 7.10. The predicted molar refractivity (Wildman–Crippen MR) is 124 cm³/mol. The molecule has 7 heteroatoms. The van der Waals surface area contributed by atoms with Gasteiger partial charge in [-0.15, -0.1) is 11.3 Å². The molecular weight excluding hydrogens is 410 g/mol. The van der Waals surface area contributed by atoms with Crippen LogP contribution in [0.2, 0.25) is 0 Å². The third-order valence-electron chi connectivity index (χ3n) is 5.24. The molecule has 3 aromatic rings. The van der Waals surface area contributed by atoms with Gasteiger partial charge in [-0.25, -0.2) is 4.79 Å². The van der Waals surface area contributed by atoms with Gasteiger partial charge in [0.2, 0.25) is 5.91 Å². The fourth-order valence-corrected chi connectivity index (χ4v) is 4.41. The van der Waals surface area contributed by atoms with Gasteiger partial charge in [-0.3, -0.25) is 9.69 Å². The van der Waals surface area contributed by atoms with Crippen LogP contribution in [0.3, 0.4) is 0 Å². The molecule has 1 aliphatic rings. The van der Waals surface area contributed by atoms with Gasteiger partial charge in [-0.2, -0.15) is 0 Å². The number of hydrogen-bond acceptors (Lipinski definition) is 4. The number of rotatable bonds is 7. The Hall–Kier alpha value is -3.32. The summed E-state index contributed by atoms with van der Waals surface area (Å²) in [4.78, 5) is 30.0. The molecule has 0 aliphatic carbocycles. The number of nitrogens with one attached hydrogen (secondary N) is 1. The number of anilines is 2. The maximum atomic E-state index is 13.1. The fraction of sp³-hybridized carbons (Fsp3) is 0.250. The van der Waals surface area contributed by atoms with Crippen LogP contribution in [0.25, 0.3) is 0 Å². The van der Waals surface area contributed by atoms with Crippen molar-refractivity contribution in [1.29, 1.82) is 0 Å². The summed E-state index contributed by atoms with van der Waals surface area (Å²) in [6.07, 6.45) is 1.25. The molecule has 2 heterocycles. The van der Waals surface area contributed by atoms with E-state index in [1.165, 1.54) is 0 Å². The van der Waals surface area contributed by atoms with Crippen molar-refractivity contribution in [2.24, 2.45) is 0 Å². The van der Waals surface area contributed by atoms with Crippen LogP contribution in [0.1, 0.15) is 16.9 Å². The van der Waals surface area contributed by atoms with E-state index in [2.05, 4.69) is 5.32 Å². The largest absolute Gasteiger partial charge is 0.496 e. The highest BCUT2D eigenvalue weighted by Gasteiger charge is 2.27. The van der Waals surface area contributed by atoms with Crippen LogP contribution in [0.15, 0.2) is 66.0 Å². The molecule has 6 nitrogen and oxygen atoms in total. The Kier molecular flexibility index (Phi) is 6.52. The van der Waals surface area contributed by atoms with Gasteiger partial charge in [0.1, 0.15) is 5.75 Å². The van der Waals surface area contributed by atoms with Crippen LogP contribution in [0, 0.1) is 0 Å². The number of ether oxygens (including phenoxy) is 1. The summed E-state index contributed by atoms with van der Waals surface area (Å²) in [6, 6.07) is 19.1. The first kappa shape index (κ1) is 20.9. The minimum atomic E-state index is -0.0489. The highest BCUT2D eigenvalue weighted by Crippen LogP contribution is 2.25. The van der Waals surface area contributed by atoms with Gasteiger partial charge in [0, 0.05) is 34.9 Å². The quantitative estimate of drug-likeness (QED) is 0.581. The van der Waals surface area contributed by atoms with Gasteiger partial charge in [0.15, 0.2) is 0 Å². The highest BCUT2D eigenvalue weighted by atomic mass is 32.1. The molecule has 0 spiro atoms. The molecule has 0 unspecified atom stereocenters. The third kappa shape index (κ3) is 5.06. The van der Waals surface area contributed by atoms with Crippen molar-refractivity contribution in [3.63, 3.8) is 0 Å². The lowest BCUT2D eigenvalue weighted by molar-refractivity contribution is -0.115. The minimum Gasteiger partial charge on any atom is -0.496 e. The van der Waals surface area contributed by atoms with Crippen molar-refractivity contribution in [3.8, 4) is 5.75 Å². The smallest absolute Gasteiger partial charge is 0.324 e. The zero-order valence-corrected chi connectivity index (χ0v) is 18.2. The maximum absolute atomic E-state index is 13.1. The number of para-hydroxylation sites is 1. The Morgan fingerprint density at radius 1 is 1.06 bits per heavy atom. The summed E-state index contributed by atoms with van der Waals surface area (Å²) in [6.45, 7) is 1.89. The SMILES string of the molecule is COc1ccccc1CN1CCCN(c2ccc(NC(=O)Cc3cccs3)cc2)C1=O. The van der Waals surface area contributed by atoms with Crippen molar-refractivity contribution < 1.29 is 14.3 Å².